The first-order valence-corrected chi connectivity index (χ1v) is 9.58. The minimum Gasteiger partial charge on any atom is -0.481 e. The SMILES string of the molecule is O=C(O)CCc1ccc(S(=O)(=O)Oc2ccc(Cl)c3ccccc23)cc1. The fourth-order valence-corrected chi connectivity index (χ4v) is 3.72. The fourth-order valence-electron chi connectivity index (χ4n) is 2.55. The van der Waals surface area contributed by atoms with Gasteiger partial charge in [0, 0.05) is 22.2 Å². The molecule has 0 aromatic heterocycles. The van der Waals surface area contributed by atoms with Gasteiger partial charge in [-0.15, -0.1) is 0 Å². The molecule has 0 saturated carbocycles. The highest BCUT2D eigenvalue weighted by Gasteiger charge is 2.18. The van der Waals surface area contributed by atoms with Crippen LogP contribution < -0.4 is 4.18 Å². The van der Waals surface area contributed by atoms with E-state index < -0.39 is 16.1 Å². The van der Waals surface area contributed by atoms with Gasteiger partial charge in [0.15, 0.2) is 5.75 Å². The number of carboxylic acid groups (broad SMARTS) is 1. The molecule has 26 heavy (non-hydrogen) atoms. The van der Waals surface area contributed by atoms with E-state index >= 15 is 0 Å². The van der Waals surface area contributed by atoms with Crippen molar-refractivity contribution in [1.82, 2.24) is 0 Å². The smallest absolute Gasteiger partial charge is 0.339 e. The van der Waals surface area contributed by atoms with Gasteiger partial charge in [0.05, 0.1) is 0 Å². The first-order valence-electron chi connectivity index (χ1n) is 7.79. The van der Waals surface area contributed by atoms with Crippen LogP contribution in [0.4, 0.5) is 0 Å². The van der Waals surface area contributed by atoms with E-state index in [0.29, 0.717) is 22.2 Å². The quantitative estimate of drug-likeness (QED) is 0.635. The third kappa shape index (κ3) is 3.98. The van der Waals surface area contributed by atoms with Crippen molar-refractivity contribution in [3.05, 3.63) is 71.2 Å². The Morgan fingerprint density at radius 2 is 1.62 bits per heavy atom. The normalized spacial score (nSPS) is 11.4. The number of aliphatic carboxylic acids is 1. The van der Waals surface area contributed by atoms with Crippen LogP contribution in [0.2, 0.25) is 5.02 Å². The lowest BCUT2D eigenvalue weighted by molar-refractivity contribution is -0.136. The van der Waals surface area contributed by atoms with Gasteiger partial charge in [-0.2, -0.15) is 8.42 Å². The molecule has 0 spiro atoms. The van der Waals surface area contributed by atoms with E-state index in [1.807, 2.05) is 6.07 Å². The maximum absolute atomic E-state index is 12.6. The highest BCUT2D eigenvalue weighted by Crippen LogP contribution is 2.33. The Balaban J connectivity index is 1.88. The molecular formula is C19H15ClO5S. The third-order valence-electron chi connectivity index (χ3n) is 3.87. The molecule has 0 radical (unpaired) electrons. The van der Waals surface area contributed by atoms with E-state index in [0.717, 1.165) is 5.56 Å². The molecule has 0 heterocycles. The lowest BCUT2D eigenvalue weighted by Crippen LogP contribution is -2.10. The summed E-state index contributed by atoms with van der Waals surface area (Å²) in [4.78, 5) is 10.6. The van der Waals surface area contributed by atoms with Crippen molar-refractivity contribution in [2.75, 3.05) is 0 Å². The van der Waals surface area contributed by atoms with Crippen molar-refractivity contribution in [3.8, 4) is 5.75 Å². The molecular weight excluding hydrogens is 376 g/mol. The molecule has 5 nitrogen and oxygen atoms in total. The highest BCUT2D eigenvalue weighted by molar-refractivity contribution is 7.87. The molecule has 0 aliphatic heterocycles. The predicted octanol–water partition coefficient (Wildman–Crippen LogP) is 4.28. The van der Waals surface area contributed by atoms with Crippen LogP contribution in [0, 0.1) is 0 Å². The third-order valence-corrected chi connectivity index (χ3v) is 5.45. The number of halogens is 1. The minimum atomic E-state index is -4.03. The van der Waals surface area contributed by atoms with Gasteiger partial charge < -0.3 is 9.29 Å². The number of hydrogen-bond acceptors (Lipinski definition) is 4. The van der Waals surface area contributed by atoms with Crippen LogP contribution in [0.5, 0.6) is 5.75 Å². The standard InChI is InChI=1S/C19H15ClO5S/c20-17-10-11-18(16-4-2-1-3-15(16)17)25-26(23,24)14-8-5-13(6-9-14)7-12-19(21)22/h1-6,8-11H,7,12H2,(H,21,22). The molecule has 0 unspecified atom stereocenters. The van der Waals surface area contributed by atoms with Gasteiger partial charge in [-0.1, -0.05) is 48.0 Å². The van der Waals surface area contributed by atoms with Crippen LogP contribution in [0.25, 0.3) is 10.8 Å². The molecule has 134 valence electrons. The second-order valence-corrected chi connectivity index (χ2v) is 7.62. The number of hydrogen-bond donors (Lipinski definition) is 1. The van der Waals surface area contributed by atoms with E-state index in [-0.39, 0.29) is 17.1 Å². The summed E-state index contributed by atoms with van der Waals surface area (Å²) in [5.41, 5.74) is 0.739. The Labute approximate surface area is 155 Å². The van der Waals surface area contributed by atoms with Crippen molar-refractivity contribution < 1.29 is 22.5 Å². The number of rotatable bonds is 6. The van der Waals surface area contributed by atoms with Gasteiger partial charge in [-0.3, -0.25) is 4.79 Å². The summed E-state index contributed by atoms with van der Waals surface area (Å²) >= 11 is 6.14. The summed E-state index contributed by atoms with van der Waals surface area (Å²) in [5.74, 6) is -0.709. The number of carbonyl (C=O) groups is 1. The van der Waals surface area contributed by atoms with Crippen LogP contribution >= 0.6 is 11.6 Å². The largest absolute Gasteiger partial charge is 0.481 e. The van der Waals surface area contributed by atoms with Crippen LogP contribution in [0.15, 0.2) is 65.6 Å². The molecule has 0 saturated heterocycles. The van der Waals surface area contributed by atoms with Gasteiger partial charge in [-0.25, -0.2) is 0 Å². The van der Waals surface area contributed by atoms with E-state index in [4.69, 9.17) is 20.9 Å². The summed E-state index contributed by atoms with van der Waals surface area (Å²) in [6.45, 7) is 0. The molecule has 0 fully saturated rings. The van der Waals surface area contributed by atoms with E-state index in [2.05, 4.69) is 0 Å². The van der Waals surface area contributed by atoms with Crippen molar-refractivity contribution in [3.63, 3.8) is 0 Å². The molecule has 3 rings (SSSR count). The molecule has 3 aromatic rings. The van der Waals surface area contributed by atoms with Gasteiger partial charge in [0.25, 0.3) is 0 Å². The van der Waals surface area contributed by atoms with Crippen LogP contribution in [0.3, 0.4) is 0 Å². The summed E-state index contributed by atoms with van der Waals surface area (Å²) in [5, 5.41) is 10.5. The van der Waals surface area contributed by atoms with Gasteiger partial charge >= 0.3 is 16.1 Å². The predicted molar refractivity (Wildman–Crippen MR) is 99.2 cm³/mol. The molecule has 0 amide bonds. The van der Waals surface area contributed by atoms with Crippen molar-refractivity contribution in [2.24, 2.45) is 0 Å². The second-order valence-electron chi connectivity index (χ2n) is 5.67. The molecule has 0 aliphatic rings. The second kappa shape index (κ2) is 7.35. The Kier molecular flexibility index (Phi) is 5.15. The maximum Gasteiger partial charge on any atom is 0.339 e. The lowest BCUT2D eigenvalue weighted by atomic mass is 10.1. The monoisotopic (exact) mass is 390 g/mol. The highest BCUT2D eigenvalue weighted by atomic mass is 35.5. The van der Waals surface area contributed by atoms with Crippen molar-refractivity contribution in [1.29, 1.82) is 0 Å². The summed E-state index contributed by atoms with van der Waals surface area (Å²) < 4.78 is 30.4. The molecule has 1 N–H and O–H groups in total. The Hall–Kier alpha value is -2.57. The van der Waals surface area contributed by atoms with Crippen molar-refractivity contribution >= 4 is 38.5 Å². The van der Waals surface area contributed by atoms with Crippen LogP contribution in [0.1, 0.15) is 12.0 Å². The van der Waals surface area contributed by atoms with Gasteiger partial charge in [-0.05, 0) is 36.2 Å². The molecule has 0 atom stereocenters. The van der Waals surface area contributed by atoms with E-state index in [1.165, 1.54) is 18.2 Å². The number of fused-ring (bicyclic) bond motifs is 1. The zero-order valence-electron chi connectivity index (χ0n) is 13.6. The van der Waals surface area contributed by atoms with Crippen molar-refractivity contribution in [2.45, 2.75) is 17.7 Å². The Morgan fingerprint density at radius 3 is 2.27 bits per heavy atom. The topological polar surface area (TPSA) is 80.7 Å². The maximum atomic E-state index is 12.6. The summed E-state index contributed by atoms with van der Waals surface area (Å²) in [6.07, 6.45) is 0.317. The number of benzene rings is 3. The van der Waals surface area contributed by atoms with Crippen LogP contribution in [-0.2, 0) is 21.3 Å². The van der Waals surface area contributed by atoms with Crippen LogP contribution in [-0.4, -0.2) is 19.5 Å². The van der Waals surface area contributed by atoms with E-state index in [9.17, 15) is 13.2 Å². The van der Waals surface area contributed by atoms with Gasteiger partial charge in [0.1, 0.15) is 4.90 Å². The van der Waals surface area contributed by atoms with Gasteiger partial charge in [0.2, 0.25) is 0 Å². The Bertz CT molecular complexity index is 1060. The Morgan fingerprint density at radius 1 is 0.962 bits per heavy atom. The molecule has 0 bridgehead atoms. The summed E-state index contributed by atoms with van der Waals surface area (Å²) in [6, 6.07) is 16.2. The zero-order valence-corrected chi connectivity index (χ0v) is 15.1. The number of aryl methyl sites for hydroxylation is 1. The van der Waals surface area contributed by atoms with E-state index in [1.54, 1.807) is 36.4 Å². The molecule has 0 aliphatic carbocycles. The molecule has 3 aromatic carbocycles. The lowest BCUT2D eigenvalue weighted by Gasteiger charge is -2.11. The first kappa shape index (κ1) is 18.2. The summed E-state index contributed by atoms with van der Waals surface area (Å²) in [7, 11) is -4.03. The minimum absolute atomic E-state index is 0.00407. The average molecular weight is 391 g/mol. The first-order chi connectivity index (χ1) is 12.4. The number of carboxylic acids is 1. The molecule has 7 heteroatoms. The zero-order chi connectivity index (χ0) is 18.7. The average Bonchev–Trinajstić information content (AvgIpc) is 2.63. The fraction of sp³-hybridized carbons (Fsp3) is 0.105.